The van der Waals surface area contributed by atoms with Gasteiger partial charge in [-0.15, -0.1) is 0 Å². The van der Waals surface area contributed by atoms with E-state index in [1.807, 2.05) is 25.1 Å². The minimum Gasteiger partial charge on any atom is -0.493 e. The van der Waals surface area contributed by atoms with Crippen molar-refractivity contribution in [2.24, 2.45) is 0 Å². The van der Waals surface area contributed by atoms with Gasteiger partial charge >= 0.3 is 0 Å². The average molecular weight is 399 g/mol. The molecule has 29 heavy (non-hydrogen) atoms. The number of benzene rings is 2. The van der Waals surface area contributed by atoms with Crippen LogP contribution in [0.2, 0.25) is 0 Å². The molecule has 0 unspecified atom stereocenters. The van der Waals surface area contributed by atoms with Gasteiger partial charge in [0.25, 0.3) is 5.91 Å². The summed E-state index contributed by atoms with van der Waals surface area (Å²) < 4.78 is 27.2. The molecule has 2 aromatic carbocycles. The summed E-state index contributed by atoms with van der Waals surface area (Å²) in [5.41, 5.74) is 1.98. The molecule has 0 aromatic heterocycles. The number of β-lactam (4-membered cyclic amide) rings is 1. The maximum Gasteiger partial charge on any atom is 0.256 e. The first kappa shape index (κ1) is 20.4. The summed E-state index contributed by atoms with van der Waals surface area (Å²) in [6, 6.07) is 8.74. The van der Waals surface area contributed by atoms with E-state index < -0.39 is 0 Å². The third-order valence-electron chi connectivity index (χ3n) is 4.81. The number of methoxy groups -OCH3 is 4. The molecule has 7 heteroatoms. The second kappa shape index (κ2) is 8.34. The van der Waals surface area contributed by atoms with Crippen LogP contribution < -0.4 is 28.6 Å². The van der Waals surface area contributed by atoms with Crippen molar-refractivity contribution in [3.63, 3.8) is 0 Å². The monoisotopic (exact) mass is 399 g/mol. The van der Waals surface area contributed by atoms with Crippen molar-refractivity contribution in [3.8, 4) is 28.7 Å². The van der Waals surface area contributed by atoms with Crippen LogP contribution in [0.4, 0.5) is 5.69 Å². The molecule has 1 fully saturated rings. The van der Waals surface area contributed by atoms with E-state index in [0.29, 0.717) is 46.6 Å². The summed E-state index contributed by atoms with van der Waals surface area (Å²) in [7, 11) is 6.19. The summed E-state index contributed by atoms with van der Waals surface area (Å²) in [5, 5.41) is 0. The Morgan fingerprint density at radius 3 is 2.03 bits per heavy atom. The Hall–Kier alpha value is -3.35. The molecule has 2 aromatic rings. The maximum absolute atomic E-state index is 12.7. The van der Waals surface area contributed by atoms with Crippen LogP contribution in [0.3, 0.4) is 0 Å². The lowest BCUT2D eigenvalue weighted by Gasteiger charge is -2.42. The molecule has 154 valence electrons. The molecule has 0 aliphatic carbocycles. The minimum absolute atomic E-state index is 0.168. The molecule has 3 rings (SSSR count). The van der Waals surface area contributed by atoms with Crippen molar-refractivity contribution >= 4 is 11.6 Å². The summed E-state index contributed by atoms with van der Waals surface area (Å²) in [4.78, 5) is 14.3. The first-order valence-corrected chi connectivity index (χ1v) is 9.13. The van der Waals surface area contributed by atoms with Crippen LogP contribution in [0.1, 0.15) is 18.5 Å². The van der Waals surface area contributed by atoms with Crippen LogP contribution in [0.15, 0.2) is 42.5 Å². The van der Waals surface area contributed by atoms with E-state index in [1.165, 1.54) is 21.3 Å². The van der Waals surface area contributed by atoms with Crippen LogP contribution in [-0.4, -0.2) is 41.0 Å². The molecule has 7 nitrogen and oxygen atoms in total. The Kier molecular flexibility index (Phi) is 5.87. The lowest BCUT2D eigenvalue weighted by Crippen LogP contribution is -2.48. The van der Waals surface area contributed by atoms with Gasteiger partial charge in [-0.2, -0.15) is 0 Å². The van der Waals surface area contributed by atoms with Gasteiger partial charge in [-0.1, -0.05) is 12.6 Å². The molecule has 0 saturated carbocycles. The van der Waals surface area contributed by atoms with E-state index >= 15 is 0 Å². The van der Waals surface area contributed by atoms with Gasteiger partial charge in [-0.05, 0) is 24.6 Å². The molecule has 0 radical (unpaired) electrons. The number of hydrogen-bond donors (Lipinski definition) is 0. The largest absolute Gasteiger partial charge is 0.493 e. The zero-order valence-corrected chi connectivity index (χ0v) is 17.3. The van der Waals surface area contributed by atoms with E-state index in [4.69, 9.17) is 23.7 Å². The Labute approximate surface area is 170 Å². The van der Waals surface area contributed by atoms with Crippen LogP contribution >= 0.6 is 0 Å². The number of rotatable bonds is 8. The number of carbonyl (C=O) groups is 1. The molecule has 1 atom stereocenters. The van der Waals surface area contributed by atoms with Crippen molar-refractivity contribution in [3.05, 3.63) is 48.0 Å². The zero-order valence-electron chi connectivity index (χ0n) is 17.3. The third kappa shape index (κ3) is 3.44. The maximum atomic E-state index is 12.7. The number of hydrogen-bond acceptors (Lipinski definition) is 6. The molecule has 0 bridgehead atoms. The lowest BCUT2D eigenvalue weighted by atomic mass is 9.88. The number of anilines is 1. The van der Waals surface area contributed by atoms with E-state index in [9.17, 15) is 4.79 Å². The second-order valence-corrected chi connectivity index (χ2v) is 6.33. The molecule has 1 amide bonds. The summed E-state index contributed by atoms with van der Waals surface area (Å²) >= 11 is 0. The molecule has 1 heterocycles. The number of amides is 1. The quantitative estimate of drug-likeness (QED) is 0.497. The lowest BCUT2D eigenvalue weighted by molar-refractivity contribution is -0.118. The first-order valence-electron chi connectivity index (χ1n) is 9.13. The summed E-state index contributed by atoms with van der Waals surface area (Å²) in [6.07, 6.45) is 0. The number of ether oxygens (including phenoxy) is 5. The van der Waals surface area contributed by atoms with E-state index in [1.54, 1.807) is 24.1 Å². The van der Waals surface area contributed by atoms with Gasteiger partial charge in [0, 0.05) is 17.7 Å². The van der Waals surface area contributed by atoms with Crippen molar-refractivity contribution < 1.29 is 28.5 Å². The Bertz CT molecular complexity index is 914. The van der Waals surface area contributed by atoms with E-state index in [-0.39, 0.29) is 11.9 Å². The molecule has 1 aliphatic rings. The Morgan fingerprint density at radius 2 is 1.52 bits per heavy atom. The molecule has 1 saturated heterocycles. The van der Waals surface area contributed by atoms with Gasteiger partial charge in [0.15, 0.2) is 23.0 Å². The zero-order chi connectivity index (χ0) is 21.1. The van der Waals surface area contributed by atoms with Gasteiger partial charge < -0.3 is 23.7 Å². The Morgan fingerprint density at radius 1 is 0.897 bits per heavy atom. The Balaban J connectivity index is 2.06. The summed E-state index contributed by atoms with van der Waals surface area (Å²) in [5.74, 6) is 2.48. The van der Waals surface area contributed by atoms with Crippen LogP contribution in [0.5, 0.6) is 28.7 Å². The molecule has 1 aliphatic heterocycles. The normalized spacial score (nSPS) is 15.6. The van der Waals surface area contributed by atoms with Crippen molar-refractivity contribution in [1.82, 2.24) is 0 Å². The highest BCUT2D eigenvalue weighted by Gasteiger charge is 2.43. The van der Waals surface area contributed by atoms with Gasteiger partial charge in [0.05, 0.1) is 46.8 Å². The highest BCUT2D eigenvalue weighted by molar-refractivity contribution is 6.15. The fourth-order valence-electron chi connectivity index (χ4n) is 3.43. The van der Waals surface area contributed by atoms with Gasteiger partial charge in [0.1, 0.15) is 0 Å². The van der Waals surface area contributed by atoms with E-state index in [0.717, 1.165) is 5.56 Å². The van der Waals surface area contributed by atoms with Crippen LogP contribution in [0.25, 0.3) is 0 Å². The second-order valence-electron chi connectivity index (χ2n) is 6.33. The first-order chi connectivity index (χ1) is 14.0. The van der Waals surface area contributed by atoms with Crippen LogP contribution in [0, 0.1) is 0 Å². The van der Waals surface area contributed by atoms with Gasteiger partial charge in [-0.25, -0.2) is 0 Å². The average Bonchev–Trinajstić information content (AvgIpc) is 2.75. The predicted octanol–water partition coefficient (Wildman–Crippen LogP) is 3.76. The number of nitrogens with zero attached hydrogens (tertiary/aromatic N) is 1. The smallest absolute Gasteiger partial charge is 0.256 e. The van der Waals surface area contributed by atoms with Crippen LogP contribution in [-0.2, 0) is 4.79 Å². The summed E-state index contributed by atoms with van der Waals surface area (Å²) in [6.45, 7) is 6.37. The molecular formula is C22H25NO6. The molecule has 0 N–H and O–H groups in total. The van der Waals surface area contributed by atoms with Gasteiger partial charge in [0.2, 0.25) is 5.75 Å². The predicted molar refractivity (Wildman–Crippen MR) is 110 cm³/mol. The topological polar surface area (TPSA) is 66.5 Å². The fraction of sp³-hybridized carbons (Fsp3) is 0.318. The SMILES string of the molecule is C=C1C(=O)N(c2cc(OC)c(OC)c(OC)c2)[C@H]1c1ccc(OC)c(OCC)c1. The van der Waals surface area contributed by atoms with E-state index in [2.05, 4.69) is 6.58 Å². The van der Waals surface area contributed by atoms with Crippen molar-refractivity contribution in [2.45, 2.75) is 13.0 Å². The number of carbonyl (C=O) groups excluding carboxylic acids is 1. The van der Waals surface area contributed by atoms with Gasteiger partial charge in [-0.3, -0.25) is 9.69 Å². The molecular weight excluding hydrogens is 374 g/mol. The molecule has 0 spiro atoms. The van der Waals surface area contributed by atoms with Crippen molar-refractivity contribution in [2.75, 3.05) is 39.9 Å². The standard InChI is InChI=1S/C22H25NO6/c1-7-29-17-10-14(8-9-16(17)25-3)20-13(2)22(24)23(20)15-11-18(26-4)21(28-6)19(12-15)27-5/h8-12,20H,2,7H2,1,3-6H3/t20-/m1/s1. The highest BCUT2D eigenvalue weighted by Crippen LogP contribution is 2.48. The van der Waals surface area contributed by atoms with Crippen molar-refractivity contribution in [1.29, 1.82) is 0 Å². The third-order valence-corrected chi connectivity index (χ3v) is 4.81. The fourth-order valence-corrected chi connectivity index (χ4v) is 3.43. The highest BCUT2D eigenvalue weighted by atomic mass is 16.5. The minimum atomic E-state index is -0.338.